The molecule has 0 aliphatic carbocycles. The van der Waals surface area contributed by atoms with Gasteiger partial charge in [0.05, 0.1) is 27.4 Å². The van der Waals surface area contributed by atoms with Gasteiger partial charge in [-0.2, -0.15) is 0 Å². The van der Waals surface area contributed by atoms with Crippen LogP contribution in [0.3, 0.4) is 0 Å². The monoisotopic (exact) mass is 179 g/mol. The van der Waals surface area contributed by atoms with Crippen LogP contribution in [0.5, 0.6) is 0 Å². The van der Waals surface area contributed by atoms with E-state index in [4.69, 9.17) is 9.78 Å². The zero-order chi connectivity index (χ0) is 9.23. The molecular formula is C7H17NO4. The highest BCUT2D eigenvalue weighted by atomic mass is 17.2. The lowest BCUT2D eigenvalue weighted by molar-refractivity contribution is -0.279. The summed E-state index contributed by atoms with van der Waals surface area (Å²) in [6.45, 7) is 2.72. The van der Waals surface area contributed by atoms with Crippen LogP contribution in [-0.2, 0) is 19.6 Å². The van der Waals surface area contributed by atoms with Crippen molar-refractivity contribution in [2.75, 3.05) is 47.6 Å². The average molecular weight is 179 g/mol. The molecule has 0 aromatic rings. The lowest BCUT2D eigenvalue weighted by Gasteiger charge is -2.14. The highest BCUT2D eigenvalue weighted by Gasteiger charge is 1.97. The minimum Gasteiger partial charge on any atom is -0.302 e. The number of rotatable bonds is 8. The van der Waals surface area contributed by atoms with E-state index in [1.807, 2.05) is 7.05 Å². The molecule has 0 aromatic heterocycles. The van der Waals surface area contributed by atoms with E-state index in [2.05, 4.69) is 14.7 Å². The second-order valence-corrected chi connectivity index (χ2v) is 2.28. The van der Waals surface area contributed by atoms with Crippen molar-refractivity contribution in [3.8, 4) is 0 Å². The Balaban J connectivity index is 3.04. The Morgan fingerprint density at radius 2 is 1.33 bits per heavy atom. The molecule has 12 heavy (non-hydrogen) atoms. The lowest BCUT2D eigenvalue weighted by atomic mass is 10.5. The standard InChI is InChI=1S/C7H17NO4/c1-8(4-6-11-9-2)5-7-12-10-3/h4-7H2,1-3H3. The Bertz CT molecular complexity index is 81.5. The number of hydrogen-bond donors (Lipinski definition) is 0. The van der Waals surface area contributed by atoms with Gasteiger partial charge in [-0.3, -0.25) is 0 Å². The first-order chi connectivity index (χ1) is 5.81. The Kier molecular flexibility index (Phi) is 8.74. The zero-order valence-corrected chi connectivity index (χ0v) is 7.91. The fraction of sp³-hybridized carbons (Fsp3) is 1.00. The maximum Gasteiger partial charge on any atom is 0.0949 e. The van der Waals surface area contributed by atoms with Crippen LogP contribution >= 0.6 is 0 Å². The van der Waals surface area contributed by atoms with Crippen molar-refractivity contribution in [3.63, 3.8) is 0 Å². The molecule has 0 N–H and O–H groups in total. The molecule has 0 rings (SSSR count). The largest absolute Gasteiger partial charge is 0.302 e. The number of hydrogen-bond acceptors (Lipinski definition) is 5. The molecule has 0 aliphatic heterocycles. The van der Waals surface area contributed by atoms with Gasteiger partial charge in [-0.1, -0.05) is 0 Å². The smallest absolute Gasteiger partial charge is 0.0949 e. The summed E-state index contributed by atoms with van der Waals surface area (Å²) >= 11 is 0. The molecule has 0 spiro atoms. The summed E-state index contributed by atoms with van der Waals surface area (Å²) in [6.07, 6.45) is 0. The summed E-state index contributed by atoms with van der Waals surface area (Å²) in [7, 11) is 4.96. The van der Waals surface area contributed by atoms with Crippen LogP contribution in [0.15, 0.2) is 0 Å². The van der Waals surface area contributed by atoms with Gasteiger partial charge in [0.1, 0.15) is 0 Å². The minimum absolute atomic E-state index is 0.556. The van der Waals surface area contributed by atoms with E-state index < -0.39 is 0 Å². The van der Waals surface area contributed by atoms with E-state index in [1.54, 1.807) is 0 Å². The van der Waals surface area contributed by atoms with Crippen molar-refractivity contribution >= 4 is 0 Å². The third kappa shape index (κ3) is 7.90. The Labute approximate surface area is 73.0 Å². The molecule has 0 saturated heterocycles. The van der Waals surface area contributed by atoms with Gasteiger partial charge in [-0.25, -0.2) is 19.6 Å². The van der Waals surface area contributed by atoms with Gasteiger partial charge in [0.2, 0.25) is 0 Å². The van der Waals surface area contributed by atoms with Gasteiger partial charge in [-0.05, 0) is 7.05 Å². The van der Waals surface area contributed by atoms with Crippen LogP contribution in [0.1, 0.15) is 0 Å². The fourth-order valence-corrected chi connectivity index (χ4v) is 0.665. The van der Waals surface area contributed by atoms with Crippen LogP contribution in [-0.4, -0.2) is 52.5 Å². The quantitative estimate of drug-likeness (QED) is 0.300. The molecule has 5 heteroatoms. The number of likely N-dealkylation sites (N-methyl/N-ethyl adjacent to an activating group) is 1. The average Bonchev–Trinajstić information content (AvgIpc) is 2.06. The van der Waals surface area contributed by atoms with Gasteiger partial charge >= 0.3 is 0 Å². The zero-order valence-electron chi connectivity index (χ0n) is 7.91. The molecule has 5 nitrogen and oxygen atoms in total. The molecule has 0 unspecified atom stereocenters. The molecule has 0 aliphatic rings. The molecule has 0 atom stereocenters. The van der Waals surface area contributed by atoms with Gasteiger partial charge < -0.3 is 4.90 Å². The fourth-order valence-electron chi connectivity index (χ4n) is 0.665. The molecule has 74 valence electrons. The molecular weight excluding hydrogens is 162 g/mol. The highest BCUT2D eigenvalue weighted by Crippen LogP contribution is 1.84. The molecule has 0 bridgehead atoms. The normalized spacial score (nSPS) is 11.0. The second-order valence-electron chi connectivity index (χ2n) is 2.28. The summed E-state index contributed by atoms with van der Waals surface area (Å²) in [5, 5.41) is 0. The predicted molar refractivity (Wildman–Crippen MR) is 43.4 cm³/mol. The predicted octanol–water partition coefficient (Wildman–Crippen LogP) is 0.0742. The molecule has 0 amide bonds. The minimum atomic E-state index is 0.556. The van der Waals surface area contributed by atoms with Crippen LogP contribution in [0.25, 0.3) is 0 Å². The number of nitrogens with zero attached hydrogens (tertiary/aromatic N) is 1. The third-order valence-corrected chi connectivity index (χ3v) is 1.35. The van der Waals surface area contributed by atoms with Crippen LogP contribution < -0.4 is 0 Å². The lowest BCUT2D eigenvalue weighted by Crippen LogP contribution is -2.26. The molecule has 0 heterocycles. The van der Waals surface area contributed by atoms with E-state index >= 15 is 0 Å². The molecule has 0 aromatic carbocycles. The first-order valence-corrected chi connectivity index (χ1v) is 3.81. The van der Waals surface area contributed by atoms with E-state index in [0.29, 0.717) is 13.2 Å². The molecule has 0 fully saturated rings. The van der Waals surface area contributed by atoms with Crippen LogP contribution in [0.4, 0.5) is 0 Å². The summed E-state index contributed by atoms with van der Waals surface area (Å²) < 4.78 is 0. The molecule has 0 radical (unpaired) electrons. The van der Waals surface area contributed by atoms with E-state index in [9.17, 15) is 0 Å². The third-order valence-electron chi connectivity index (χ3n) is 1.35. The highest BCUT2D eigenvalue weighted by molar-refractivity contribution is 4.47. The first kappa shape index (κ1) is 11.8. The van der Waals surface area contributed by atoms with E-state index in [-0.39, 0.29) is 0 Å². The Morgan fingerprint density at radius 3 is 1.67 bits per heavy atom. The topological polar surface area (TPSA) is 40.2 Å². The van der Waals surface area contributed by atoms with Crippen LogP contribution in [0, 0.1) is 0 Å². The van der Waals surface area contributed by atoms with Crippen LogP contribution in [0.2, 0.25) is 0 Å². The summed E-state index contributed by atoms with van der Waals surface area (Å²) in [4.78, 5) is 20.3. The van der Waals surface area contributed by atoms with Gasteiger partial charge in [0.15, 0.2) is 0 Å². The van der Waals surface area contributed by atoms with Gasteiger partial charge in [-0.15, -0.1) is 0 Å². The van der Waals surface area contributed by atoms with Crippen molar-refractivity contribution in [1.82, 2.24) is 4.90 Å². The van der Waals surface area contributed by atoms with E-state index in [1.165, 1.54) is 14.2 Å². The summed E-state index contributed by atoms with van der Waals surface area (Å²) in [6, 6.07) is 0. The van der Waals surface area contributed by atoms with Crippen molar-refractivity contribution in [3.05, 3.63) is 0 Å². The van der Waals surface area contributed by atoms with E-state index in [0.717, 1.165) is 13.1 Å². The second kappa shape index (κ2) is 8.89. The SMILES string of the molecule is COOCCN(C)CCOOC. The Hall–Kier alpha value is -0.200. The van der Waals surface area contributed by atoms with Gasteiger partial charge in [0.25, 0.3) is 0 Å². The summed E-state index contributed by atoms with van der Waals surface area (Å²) in [5.74, 6) is 0. The first-order valence-electron chi connectivity index (χ1n) is 3.81. The van der Waals surface area contributed by atoms with Crippen molar-refractivity contribution in [2.45, 2.75) is 0 Å². The molecule has 0 saturated carbocycles. The maximum absolute atomic E-state index is 4.70. The summed E-state index contributed by atoms with van der Waals surface area (Å²) in [5.41, 5.74) is 0. The van der Waals surface area contributed by atoms with Crippen molar-refractivity contribution in [2.24, 2.45) is 0 Å². The van der Waals surface area contributed by atoms with Crippen molar-refractivity contribution in [1.29, 1.82) is 0 Å². The Morgan fingerprint density at radius 1 is 0.917 bits per heavy atom. The van der Waals surface area contributed by atoms with Crippen molar-refractivity contribution < 1.29 is 19.6 Å². The van der Waals surface area contributed by atoms with Gasteiger partial charge in [0, 0.05) is 13.1 Å². The maximum atomic E-state index is 4.70.